The highest BCUT2D eigenvalue weighted by molar-refractivity contribution is 5.98. The molecule has 0 saturated heterocycles. The van der Waals surface area contributed by atoms with E-state index in [2.05, 4.69) is 0 Å². The van der Waals surface area contributed by atoms with Crippen molar-refractivity contribution in [1.82, 2.24) is 4.90 Å². The number of hydrogen-bond donors (Lipinski definition) is 0. The molecule has 0 N–H and O–H groups in total. The Morgan fingerprint density at radius 3 is 2.67 bits per heavy atom. The predicted octanol–water partition coefficient (Wildman–Crippen LogP) is 2.20. The third-order valence-electron chi connectivity index (χ3n) is 2.53. The molecule has 0 spiro atoms. The SMILES string of the molecule is CC(C)OC1c2ccccc2C(=O)N1C. The van der Waals surface area contributed by atoms with Gasteiger partial charge in [0.15, 0.2) is 6.23 Å². The molecule has 1 aliphatic heterocycles. The van der Waals surface area contributed by atoms with Crippen LogP contribution in [0.4, 0.5) is 0 Å². The van der Waals surface area contributed by atoms with E-state index in [0.29, 0.717) is 0 Å². The Kier molecular flexibility index (Phi) is 2.49. The van der Waals surface area contributed by atoms with Crippen molar-refractivity contribution in [2.24, 2.45) is 0 Å². The Morgan fingerprint density at radius 2 is 2.00 bits per heavy atom. The largest absolute Gasteiger partial charge is 0.351 e. The maximum absolute atomic E-state index is 11.8. The zero-order chi connectivity index (χ0) is 11.0. The summed E-state index contributed by atoms with van der Waals surface area (Å²) in [5, 5.41) is 0. The third kappa shape index (κ3) is 1.63. The highest BCUT2D eigenvalue weighted by atomic mass is 16.5. The molecule has 3 nitrogen and oxygen atoms in total. The zero-order valence-corrected chi connectivity index (χ0v) is 9.23. The Labute approximate surface area is 89.7 Å². The van der Waals surface area contributed by atoms with Gasteiger partial charge in [-0.2, -0.15) is 0 Å². The van der Waals surface area contributed by atoms with Crippen LogP contribution < -0.4 is 0 Å². The molecule has 2 rings (SSSR count). The summed E-state index contributed by atoms with van der Waals surface area (Å²) in [5.41, 5.74) is 1.73. The lowest BCUT2D eigenvalue weighted by Gasteiger charge is -2.23. The van der Waals surface area contributed by atoms with Crippen molar-refractivity contribution >= 4 is 5.91 Å². The number of rotatable bonds is 2. The van der Waals surface area contributed by atoms with Gasteiger partial charge in [-0.15, -0.1) is 0 Å². The van der Waals surface area contributed by atoms with Crippen LogP contribution in [-0.2, 0) is 4.74 Å². The monoisotopic (exact) mass is 205 g/mol. The van der Waals surface area contributed by atoms with E-state index in [1.54, 1.807) is 11.9 Å². The van der Waals surface area contributed by atoms with Gasteiger partial charge in [-0.1, -0.05) is 18.2 Å². The minimum atomic E-state index is -0.228. The molecule has 1 aliphatic rings. The highest BCUT2D eigenvalue weighted by Gasteiger charge is 2.34. The van der Waals surface area contributed by atoms with E-state index < -0.39 is 0 Å². The summed E-state index contributed by atoms with van der Waals surface area (Å²) in [6.07, 6.45) is -0.120. The summed E-state index contributed by atoms with van der Waals surface area (Å²) in [4.78, 5) is 13.5. The van der Waals surface area contributed by atoms with Crippen molar-refractivity contribution in [3.8, 4) is 0 Å². The summed E-state index contributed by atoms with van der Waals surface area (Å²) >= 11 is 0. The fourth-order valence-corrected chi connectivity index (χ4v) is 1.83. The number of nitrogens with zero attached hydrogens (tertiary/aromatic N) is 1. The fourth-order valence-electron chi connectivity index (χ4n) is 1.83. The van der Waals surface area contributed by atoms with Crippen molar-refractivity contribution in [3.63, 3.8) is 0 Å². The highest BCUT2D eigenvalue weighted by Crippen LogP contribution is 2.33. The van der Waals surface area contributed by atoms with E-state index >= 15 is 0 Å². The predicted molar refractivity (Wildman–Crippen MR) is 57.5 cm³/mol. The molecule has 0 bridgehead atoms. The number of benzene rings is 1. The second kappa shape index (κ2) is 3.66. The van der Waals surface area contributed by atoms with Crippen molar-refractivity contribution in [2.75, 3.05) is 7.05 Å². The molecule has 0 aromatic heterocycles. The molecule has 0 aliphatic carbocycles. The van der Waals surface area contributed by atoms with Crippen molar-refractivity contribution in [3.05, 3.63) is 35.4 Å². The van der Waals surface area contributed by atoms with Crippen LogP contribution in [0.15, 0.2) is 24.3 Å². The Morgan fingerprint density at radius 1 is 1.33 bits per heavy atom. The van der Waals surface area contributed by atoms with Crippen molar-refractivity contribution in [1.29, 1.82) is 0 Å². The molecule has 80 valence electrons. The molecule has 3 heteroatoms. The number of hydrogen-bond acceptors (Lipinski definition) is 2. The lowest BCUT2D eigenvalue weighted by atomic mass is 10.1. The summed E-state index contributed by atoms with van der Waals surface area (Å²) in [6.45, 7) is 3.94. The van der Waals surface area contributed by atoms with Crippen LogP contribution in [-0.4, -0.2) is 24.0 Å². The molecule has 0 saturated carbocycles. The first-order chi connectivity index (χ1) is 7.11. The van der Waals surface area contributed by atoms with Crippen LogP contribution in [0.1, 0.15) is 36.0 Å². The van der Waals surface area contributed by atoms with Crippen LogP contribution in [0.2, 0.25) is 0 Å². The first-order valence-corrected chi connectivity index (χ1v) is 5.13. The maximum atomic E-state index is 11.8. The molecular weight excluding hydrogens is 190 g/mol. The quantitative estimate of drug-likeness (QED) is 0.740. The Hall–Kier alpha value is -1.35. The lowest BCUT2D eigenvalue weighted by Crippen LogP contribution is -2.26. The lowest BCUT2D eigenvalue weighted by molar-refractivity contribution is -0.0599. The molecule has 1 aromatic carbocycles. The molecule has 0 radical (unpaired) electrons. The minimum absolute atomic E-state index is 0.0382. The van der Waals surface area contributed by atoms with E-state index in [1.165, 1.54) is 0 Å². The first-order valence-electron chi connectivity index (χ1n) is 5.13. The normalized spacial score (nSPS) is 19.9. The van der Waals surface area contributed by atoms with Gasteiger partial charge < -0.3 is 9.64 Å². The number of carbonyl (C=O) groups is 1. The van der Waals surface area contributed by atoms with E-state index in [9.17, 15) is 4.79 Å². The molecule has 1 unspecified atom stereocenters. The van der Waals surface area contributed by atoms with Gasteiger partial charge in [0.05, 0.1) is 6.10 Å². The summed E-state index contributed by atoms with van der Waals surface area (Å²) in [5.74, 6) is 0.0382. The van der Waals surface area contributed by atoms with E-state index in [1.807, 2.05) is 38.1 Å². The van der Waals surface area contributed by atoms with Crippen LogP contribution >= 0.6 is 0 Å². The second-order valence-corrected chi connectivity index (χ2v) is 4.04. The van der Waals surface area contributed by atoms with Crippen molar-refractivity contribution in [2.45, 2.75) is 26.2 Å². The van der Waals surface area contributed by atoms with Gasteiger partial charge in [0.25, 0.3) is 5.91 Å². The van der Waals surface area contributed by atoms with Gasteiger partial charge >= 0.3 is 0 Å². The Bertz CT molecular complexity index is 387. The molecule has 1 aromatic rings. The second-order valence-electron chi connectivity index (χ2n) is 4.04. The van der Waals surface area contributed by atoms with Gasteiger partial charge in [0.2, 0.25) is 0 Å². The number of amides is 1. The molecule has 0 fully saturated rings. The average molecular weight is 205 g/mol. The maximum Gasteiger partial charge on any atom is 0.256 e. The van der Waals surface area contributed by atoms with Crippen LogP contribution in [0.25, 0.3) is 0 Å². The number of ether oxygens (including phenoxy) is 1. The van der Waals surface area contributed by atoms with Gasteiger partial charge in [-0.05, 0) is 19.9 Å². The molecule has 1 amide bonds. The smallest absolute Gasteiger partial charge is 0.256 e. The average Bonchev–Trinajstić information content (AvgIpc) is 2.44. The van der Waals surface area contributed by atoms with Crippen molar-refractivity contribution < 1.29 is 9.53 Å². The number of fused-ring (bicyclic) bond motifs is 1. The van der Waals surface area contributed by atoms with E-state index in [-0.39, 0.29) is 18.2 Å². The van der Waals surface area contributed by atoms with Gasteiger partial charge in [0.1, 0.15) is 0 Å². The van der Waals surface area contributed by atoms with Gasteiger partial charge in [-0.25, -0.2) is 0 Å². The summed E-state index contributed by atoms with van der Waals surface area (Å²) in [7, 11) is 1.77. The summed E-state index contributed by atoms with van der Waals surface area (Å²) in [6, 6.07) is 7.60. The zero-order valence-electron chi connectivity index (χ0n) is 9.23. The van der Waals surface area contributed by atoms with Crippen LogP contribution in [0, 0.1) is 0 Å². The van der Waals surface area contributed by atoms with Gasteiger partial charge in [0, 0.05) is 18.2 Å². The van der Waals surface area contributed by atoms with Crippen LogP contribution in [0.3, 0.4) is 0 Å². The fraction of sp³-hybridized carbons (Fsp3) is 0.417. The number of carbonyl (C=O) groups excluding carboxylic acids is 1. The first kappa shape index (κ1) is 10.2. The van der Waals surface area contributed by atoms with Gasteiger partial charge in [-0.3, -0.25) is 4.79 Å². The molecular formula is C12H15NO2. The minimum Gasteiger partial charge on any atom is -0.351 e. The molecule has 15 heavy (non-hydrogen) atoms. The van der Waals surface area contributed by atoms with E-state index in [4.69, 9.17) is 4.74 Å². The topological polar surface area (TPSA) is 29.5 Å². The molecule has 1 heterocycles. The summed E-state index contributed by atoms with van der Waals surface area (Å²) < 4.78 is 5.73. The third-order valence-corrected chi connectivity index (χ3v) is 2.53. The van der Waals surface area contributed by atoms with Crippen LogP contribution in [0.5, 0.6) is 0 Å². The Balaban J connectivity index is 2.38. The standard InChI is InChI=1S/C12H15NO2/c1-8(2)15-12-10-7-5-4-6-9(10)11(14)13(12)3/h4-8,12H,1-3H3. The molecule has 1 atom stereocenters. The van der Waals surface area contributed by atoms with E-state index in [0.717, 1.165) is 11.1 Å².